The molecule has 2 aromatic rings. The molecule has 0 fully saturated rings. The van der Waals surface area contributed by atoms with Crippen LogP contribution in [0.2, 0.25) is 0 Å². The standard InChI is InChI=1S/C12H15N3S/c1-8-5-10(3-4-14-8)11(13)6-12-15-9(2)7-16-12/h3-5,7,11H,6,13H2,1-2H3. The monoisotopic (exact) mass is 233 g/mol. The van der Waals surface area contributed by atoms with E-state index >= 15 is 0 Å². The average Bonchev–Trinajstić information content (AvgIpc) is 2.64. The van der Waals surface area contributed by atoms with E-state index in [2.05, 4.69) is 15.3 Å². The molecule has 2 N–H and O–H groups in total. The number of aryl methyl sites for hydroxylation is 2. The maximum absolute atomic E-state index is 6.14. The largest absolute Gasteiger partial charge is 0.324 e. The molecule has 0 aromatic carbocycles. The molecule has 0 aliphatic rings. The van der Waals surface area contributed by atoms with E-state index < -0.39 is 0 Å². The Kier molecular flexibility index (Phi) is 3.31. The van der Waals surface area contributed by atoms with E-state index in [1.54, 1.807) is 17.5 Å². The molecule has 0 bridgehead atoms. The van der Waals surface area contributed by atoms with Crippen molar-refractivity contribution in [2.24, 2.45) is 5.73 Å². The maximum atomic E-state index is 6.14. The zero-order chi connectivity index (χ0) is 11.5. The summed E-state index contributed by atoms with van der Waals surface area (Å²) < 4.78 is 0. The van der Waals surface area contributed by atoms with E-state index in [0.717, 1.165) is 28.4 Å². The molecule has 0 amide bonds. The second-order valence-corrected chi connectivity index (χ2v) is 4.87. The Balaban J connectivity index is 2.11. The number of nitrogens with zero attached hydrogens (tertiary/aromatic N) is 2. The summed E-state index contributed by atoms with van der Waals surface area (Å²) in [6, 6.07) is 4.01. The number of pyridine rings is 1. The number of nitrogens with two attached hydrogens (primary N) is 1. The van der Waals surface area contributed by atoms with E-state index in [0.29, 0.717) is 0 Å². The molecule has 3 nitrogen and oxygen atoms in total. The van der Waals surface area contributed by atoms with Crippen molar-refractivity contribution < 1.29 is 0 Å². The molecular formula is C12H15N3S. The van der Waals surface area contributed by atoms with Crippen LogP contribution in [0, 0.1) is 13.8 Å². The van der Waals surface area contributed by atoms with Crippen molar-refractivity contribution in [3.63, 3.8) is 0 Å². The van der Waals surface area contributed by atoms with Gasteiger partial charge < -0.3 is 5.73 Å². The summed E-state index contributed by atoms with van der Waals surface area (Å²) in [4.78, 5) is 8.59. The van der Waals surface area contributed by atoms with E-state index in [4.69, 9.17) is 5.73 Å². The van der Waals surface area contributed by atoms with Gasteiger partial charge in [0.15, 0.2) is 0 Å². The maximum Gasteiger partial charge on any atom is 0.0947 e. The molecule has 84 valence electrons. The Labute approximate surface area is 99.4 Å². The molecule has 0 radical (unpaired) electrons. The van der Waals surface area contributed by atoms with Crippen LogP contribution in [0.5, 0.6) is 0 Å². The van der Waals surface area contributed by atoms with Gasteiger partial charge in [0.1, 0.15) is 0 Å². The predicted octanol–water partition coefficient (Wildman–Crippen LogP) is 2.40. The highest BCUT2D eigenvalue weighted by Crippen LogP contribution is 2.18. The van der Waals surface area contributed by atoms with Crippen molar-refractivity contribution in [2.75, 3.05) is 0 Å². The van der Waals surface area contributed by atoms with Crippen LogP contribution in [0.15, 0.2) is 23.7 Å². The first-order valence-corrected chi connectivity index (χ1v) is 6.12. The highest BCUT2D eigenvalue weighted by atomic mass is 32.1. The Morgan fingerprint density at radius 2 is 2.19 bits per heavy atom. The van der Waals surface area contributed by atoms with Gasteiger partial charge in [0.05, 0.1) is 5.01 Å². The number of thiazole rings is 1. The molecule has 0 saturated carbocycles. The second-order valence-electron chi connectivity index (χ2n) is 3.92. The minimum absolute atomic E-state index is 0.00671. The van der Waals surface area contributed by atoms with Crippen LogP contribution >= 0.6 is 11.3 Å². The van der Waals surface area contributed by atoms with Crippen LogP contribution in [0.4, 0.5) is 0 Å². The van der Waals surface area contributed by atoms with Crippen molar-refractivity contribution in [2.45, 2.75) is 26.3 Å². The average molecular weight is 233 g/mol. The molecule has 1 unspecified atom stereocenters. The molecule has 4 heteroatoms. The third-order valence-corrected chi connectivity index (χ3v) is 3.40. The summed E-state index contributed by atoms with van der Waals surface area (Å²) in [5.74, 6) is 0. The molecule has 2 aromatic heterocycles. The third-order valence-electron chi connectivity index (χ3n) is 2.41. The lowest BCUT2D eigenvalue weighted by Crippen LogP contribution is -2.13. The fourth-order valence-corrected chi connectivity index (χ4v) is 2.43. The normalized spacial score (nSPS) is 12.7. The minimum Gasteiger partial charge on any atom is -0.324 e. The van der Waals surface area contributed by atoms with E-state index in [-0.39, 0.29) is 6.04 Å². The summed E-state index contributed by atoms with van der Waals surface area (Å²) >= 11 is 1.67. The SMILES string of the molecule is Cc1cc(C(N)Cc2nc(C)cs2)ccn1. The van der Waals surface area contributed by atoms with Gasteiger partial charge in [0, 0.05) is 35.4 Å². The number of hydrogen-bond acceptors (Lipinski definition) is 4. The van der Waals surface area contributed by atoms with Gasteiger partial charge in [-0.1, -0.05) is 0 Å². The van der Waals surface area contributed by atoms with E-state index in [9.17, 15) is 0 Å². The van der Waals surface area contributed by atoms with Gasteiger partial charge in [-0.25, -0.2) is 4.98 Å². The van der Waals surface area contributed by atoms with Gasteiger partial charge in [0.2, 0.25) is 0 Å². The Morgan fingerprint density at radius 3 is 2.81 bits per heavy atom. The lowest BCUT2D eigenvalue weighted by Gasteiger charge is -2.10. The van der Waals surface area contributed by atoms with Crippen LogP contribution < -0.4 is 5.73 Å². The van der Waals surface area contributed by atoms with Crippen LogP contribution in [-0.2, 0) is 6.42 Å². The molecule has 0 spiro atoms. The van der Waals surface area contributed by atoms with Crippen LogP contribution in [0.25, 0.3) is 0 Å². The molecule has 2 heterocycles. The first-order valence-electron chi connectivity index (χ1n) is 5.24. The van der Waals surface area contributed by atoms with Crippen LogP contribution in [-0.4, -0.2) is 9.97 Å². The Morgan fingerprint density at radius 1 is 1.38 bits per heavy atom. The van der Waals surface area contributed by atoms with Gasteiger partial charge >= 0.3 is 0 Å². The lowest BCUT2D eigenvalue weighted by molar-refractivity contribution is 0.714. The van der Waals surface area contributed by atoms with Gasteiger partial charge in [-0.2, -0.15) is 0 Å². The van der Waals surface area contributed by atoms with E-state index in [1.807, 2.05) is 26.0 Å². The minimum atomic E-state index is 0.00671. The molecule has 16 heavy (non-hydrogen) atoms. The summed E-state index contributed by atoms with van der Waals surface area (Å²) in [6.07, 6.45) is 2.60. The van der Waals surface area contributed by atoms with Crippen molar-refractivity contribution >= 4 is 11.3 Å². The quantitative estimate of drug-likeness (QED) is 0.885. The second kappa shape index (κ2) is 4.72. The number of aromatic nitrogens is 2. The molecule has 1 atom stereocenters. The molecular weight excluding hydrogens is 218 g/mol. The highest BCUT2D eigenvalue weighted by Gasteiger charge is 2.09. The summed E-state index contributed by atoms with van der Waals surface area (Å²) in [6.45, 7) is 3.98. The number of rotatable bonds is 3. The molecule has 0 saturated heterocycles. The van der Waals surface area contributed by atoms with Gasteiger partial charge in [0.25, 0.3) is 0 Å². The van der Waals surface area contributed by atoms with Crippen molar-refractivity contribution in [1.82, 2.24) is 9.97 Å². The first kappa shape index (κ1) is 11.2. The fraction of sp³-hybridized carbons (Fsp3) is 0.333. The van der Waals surface area contributed by atoms with Crippen LogP contribution in [0.3, 0.4) is 0 Å². The van der Waals surface area contributed by atoms with E-state index in [1.165, 1.54) is 0 Å². The summed E-state index contributed by atoms with van der Waals surface area (Å²) in [7, 11) is 0. The van der Waals surface area contributed by atoms with Crippen LogP contribution in [0.1, 0.15) is 28.0 Å². The van der Waals surface area contributed by atoms with Crippen molar-refractivity contribution in [1.29, 1.82) is 0 Å². The Bertz CT molecular complexity index is 479. The topological polar surface area (TPSA) is 51.8 Å². The van der Waals surface area contributed by atoms with Crippen molar-refractivity contribution in [3.05, 3.63) is 45.7 Å². The molecule has 0 aliphatic heterocycles. The molecule has 2 rings (SSSR count). The molecule has 0 aliphatic carbocycles. The highest BCUT2D eigenvalue weighted by molar-refractivity contribution is 7.09. The van der Waals surface area contributed by atoms with Crippen molar-refractivity contribution in [3.8, 4) is 0 Å². The summed E-state index contributed by atoms with van der Waals surface area (Å²) in [5.41, 5.74) is 9.34. The zero-order valence-corrected chi connectivity index (χ0v) is 10.3. The lowest BCUT2D eigenvalue weighted by atomic mass is 10.1. The zero-order valence-electron chi connectivity index (χ0n) is 9.47. The van der Waals surface area contributed by atoms with Gasteiger partial charge in [-0.15, -0.1) is 11.3 Å². The predicted molar refractivity (Wildman–Crippen MR) is 66.5 cm³/mol. The third kappa shape index (κ3) is 2.65. The summed E-state index contributed by atoms with van der Waals surface area (Å²) in [5, 5.41) is 3.15. The van der Waals surface area contributed by atoms with Gasteiger partial charge in [-0.3, -0.25) is 4.98 Å². The first-order chi connectivity index (χ1) is 7.65. The van der Waals surface area contributed by atoms with Gasteiger partial charge in [-0.05, 0) is 31.5 Å². The fourth-order valence-electron chi connectivity index (χ4n) is 1.60. The Hall–Kier alpha value is -1.26. The number of hydrogen-bond donors (Lipinski definition) is 1. The smallest absolute Gasteiger partial charge is 0.0947 e.